The van der Waals surface area contributed by atoms with Crippen molar-refractivity contribution in [2.45, 2.75) is 89.6 Å². The van der Waals surface area contributed by atoms with Crippen molar-refractivity contribution >= 4 is 16.6 Å². The van der Waals surface area contributed by atoms with Gasteiger partial charge in [-0.05, 0) is 64.0 Å². The van der Waals surface area contributed by atoms with Crippen LogP contribution in [-0.4, -0.2) is 16.6 Å². The number of unbranched alkanes of at least 4 members (excludes halogenated alkanes) is 6. The van der Waals surface area contributed by atoms with Gasteiger partial charge < -0.3 is 4.12 Å². The summed E-state index contributed by atoms with van der Waals surface area (Å²) in [4.78, 5) is 0. The van der Waals surface area contributed by atoms with Gasteiger partial charge in [0.05, 0.1) is 0 Å². The molecule has 0 unspecified atom stereocenters. The molecule has 0 heterocycles. The van der Waals surface area contributed by atoms with Crippen LogP contribution in [0.1, 0.15) is 51.4 Å². The van der Waals surface area contributed by atoms with Crippen LogP contribution in [0.5, 0.6) is 0 Å². The van der Waals surface area contributed by atoms with E-state index in [9.17, 15) is 0 Å². The summed E-state index contributed by atoms with van der Waals surface area (Å²) in [6.07, 6.45) is 14.3. The highest BCUT2D eigenvalue weighted by molar-refractivity contribution is 6.84. The average molecular weight is 327 g/mol. The Bertz CT molecular complexity index is 263. The van der Waals surface area contributed by atoms with Crippen molar-refractivity contribution < 1.29 is 4.12 Å². The molecule has 0 aliphatic carbocycles. The quantitative estimate of drug-likeness (QED) is 0.191. The van der Waals surface area contributed by atoms with Gasteiger partial charge in [0, 0.05) is 0 Å². The molecule has 21 heavy (non-hydrogen) atoms. The molecule has 1 nitrogen and oxygen atoms in total. The maximum atomic E-state index is 6.68. The van der Waals surface area contributed by atoms with Gasteiger partial charge in [-0.3, -0.25) is 0 Å². The Morgan fingerprint density at radius 3 is 1.48 bits per heavy atom. The van der Waals surface area contributed by atoms with E-state index in [1.165, 1.54) is 50.6 Å². The van der Waals surface area contributed by atoms with Crippen molar-refractivity contribution in [3.63, 3.8) is 0 Å². The predicted octanol–water partition coefficient (Wildman–Crippen LogP) is 6.91. The molecule has 0 aromatic carbocycles. The van der Waals surface area contributed by atoms with E-state index in [1.54, 1.807) is 0 Å². The Hall–Kier alpha value is -0.126. The summed E-state index contributed by atoms with van der Waals surface area (Å²) in [6.45, 7) is 17.1. The highest BCUT2D eigenvalue weighted by Crippen LogP contribution is 2.27. The van der Waals surface area contributed by atoms with Crippen LogP contribution in [0.4, 0.5) is 0 Å². The third kappa shape index (κ3) is 13.3. The summed E-state index contributed by atoms with van der Waals surface area (Å²) in [5.74, 6) is 0. The average Bonchev–Trinajstić information content (AvgIpc) is 2.36. The van der Waals surface area contributed by atoms with Gasteiger partial charge in [-0.15, -0.1) is 13.2 Å². The second-order valence-corrected chi connectivity index (χ2v) is 16.4. The minimum absolute atomic E-state index is 1.16. The predicted molar refractivity (Wildman–Crippen MR) is 103 cm³/mol. The first kappa shape index (κ1) is 20.9. The van der Waals surface area contributed by atoms with E-state index in [1.807, 2.05) is 12.2 Å². The molecular weight excluding hydrogens is 288 g/mol. The number of hydrogen-bond acceptors (Lipinski definition) is 1. The second kappa shape index (κ2) is 11.4. The van der Waals surface area contributed by atoms with Gasteiger partial charge in [0.2, 0.25) is 0 Å². The van der Waals surface area contributed by atoms with Crippen molar-refractivity contribution in [3.8, 4) is 0 Å². The van der Waals surface area contributed by atoms with Crippen LogP contribution in [0.2, 0.25) is 38.3 Å². The maximum absolute atomic E-state index is 6.68. The van der Waals surface area contributed by atoms with Crippen molar-refractivity contribution in [2.24, 2.45) is 0 Å². The highest BCUT2D eigenvalue weighted by atomic mass is 28.4. The zero-order chi connectivity index (χ0) is 16.2. The topological polar surface area (TPSA) is 9.23 Å². The molecule has 0 aromatic heterocycles. The molecule has 0 rings (SSSR count). The van der Waals surface area contributed by atoms with E-state index in [0.717, 1.165) is 12.8 Å². The molecule has 3 heteroatoms. The zero-order valence-electron chi connectivity index (χ0n) is 15.0. The Labute approximate surface area is 136 Å². The largest absolute Gasteiger partial charge is 0.456 e. The standard InChI is InChI=1S/C18H38OSi2/c1-7-9-11-13-15-17-21(6,19-20(3,4)5)18-16-14-12-10-8-2/h7-8H,1-2,9-18H2,3-6H3. The molecule has 0 aliphatic heterocycles. The van der Waals surface area contributed by atoms with Gasteiger partial charge in [0.15, 0.2) is 16.6 Å². The Balaban J connectivity index is 4.20. The summed E-state index contributed by atoms with van der Waals surface area (Å²) in [5.41, 5.74) is 0. The molecule has 124 valence electrons. The van der Waals surface area contributed by atoms with Gasteiger partial charge in [-0.2, -0.15) is 0 Å². The minimum atomic E-state index is -1.50. The first-order chi connectivity index (χ1) is 9.83. The SMILES string of the molecule is C=CCCCCC[Si](C)(CCCCCC=C)O[Si](C)(C)C. The van der Waals surface area contributed by atoms with E-state index in [-0.39, 0.29) is 0 Å². The molecule has 0 N–H and O–H groups in total. The van der Waals surface area contributed by atoms with Crippen LogP contribution in [0, 0.1) is 0 Å². The first-order valence-corrected chi connectivity index (χ1v) is 15.0. The lowest BCUT2D eigenvalue weighted by Crippen LogP contribution is -2.44. The van der Waals surface area contributed by atoms with Crippen molar-refractivity contribution in [2.75, 3.05) is 0 Å². The third-order valence-electron chi connectivity index (χ3n) is 3.78. The lowest BCUT2D eigenvalue weighted by Gasteiger charge is -2.35. The summed E-state index contributed by atoms with van der Waals surface area (Å²) in [7, 11) is -2.91. The maximum Gasteiger partial charge on any atom is 0.176 e. The molecular formula is C18H38OSi2. The van der Waals surface area contributed by atoms with E-state index in [4.69, 9.17) is 4.12 Å². The molecule has 0 radical (unpaired) electrons. The van der Waals surface area contributed by atoms with Gasteiger partial charge in [0.1, 0.15) is 0 Å². The number of hydrogen-bond donors (Lipinski definition) is 0. The van der Waals surface area contributed by atoms with Gasteiger partial charge in [-0.1, -0.05) is 37.8 Å². The van der Waals surface area contributed by atoms with Gasteiger partial charge in [0.25, 0.3) is 0 Å². The van der Waals surface area contributed by atoms with Crippen LogP contribution in [0.25, 0.3) is 0 Å². The second-order valence-electron chi connectivity index (χ2n) is 7.44. The molecule has 0 saturated heterocycles. The molecule has 0 aromatic rings. The summed E-state index contributed by atoms with van der Waals surface area (Å²) >= 11 is 0. The Morgan fingerprint density at radius 1 is 0.714 bits per heavy atom. The highest BCUT2D eigenvalue weighted by Gasteiger charge is 2.33. The lowest BCUT2D eigenvalue weighted by atomic mass is 10.2. The van der Waals surface area contributed by atoms with Crippen LogP contribution < -0.4 is 0 Å². The van der Waals surface area contributed by atoms with Gasteiger partial charge in [-0.25, -0.2) is 0 Å². The minimum Gasteiger partial charge on any atom is -0.456 e. The smallest absolute Gasteiger partial charge is 0.176 e. The molecule has 0 bridgehead atoms. The fourth-order valence-corrected chi connectivity index (χ4v) is 11.9. The van der Waals surface area contributed by atoms with E-state index in [2.05, 4.69) is 39.3 Å². The summed E-state index contributed by atoms with van der Waals surface area (Å²) in [5, 5.41) is 0. The zero-order valence-corrected chi connectivity index (χ0v) is 17.0. The summed E-state index contributed by atoms with van der Waals surface area (Å²) < 4.78 is 6.68. The fourth-order valence-electron chi connectivity index (χ4n) is 2.90. The molecule has 0 atom stereocenters. The van der Waals surface area contributed by atoms with Crippen molar-refractivity contribution in [3.05, 3.63) is 25.3 Å². The van der Waals surface area contributed by atoms with E-state index >= 15 is 0 Å². The Kier molecular flexibility index (Phi) is 11.4. The Morgan fingerprint density at radius 2 is 1.14 bits per heavy atom. The monoisotopic (exact) mass is 326 g/mol. The molecule has 0 aliphatic rings. The third-order valence-corrected chi connectivity index (χ3v) is 11.0. The normalized spacial score (nSPS) is 12.4. The van der Waals surface area contributed by atoms with Crippen molar-refractivity contribution in [1.29, 1.82) is 0 Å². The van der Waals surface area contributed by atoms with E-state index < -0.39 is 16.6 Å². The first-order valence-electron chi connectivity index (χ1n) is 8.75. The molecule has 0 amide bonds. The van der Waals surface area contributed by atoms with E-state index in [0.29, 0.717) is 0 Å². The van der Waals surface area contributed by atoms with Crippen molar-refractivity contribution in [1.82, 2.24) is 0 Å². The molecule has 0 spiro atoms. The van der Waals surface area contributed by atoms with Crippen LogP contribution in [0.15, 0.2) is 25.3 Å². The van der Waals surface area contributed by atoms with Crippen LogP contribution in [-0.2, 0) is 4.12 Å². The summed E-state index contributed by atoms with van der Waals surface area (Å²) in [6, 6.07) is 2.69. The number of allylic oxidation sites excluding steroid dienone is 2. The van der Waals surface area contributed by atoms with Crippen LogP contribution >= 0.6 is 0 Å². The van der Waals surface area contributed by atoms with Gasteiger partial charge >= 0.3 is 0 Å². The fraction of sp³-hybridized carbons (Fsp3) is 0.778. The molecule has 0 fully saturated rings. The molecule has 0 saturated carbocycles. The lowest BCUT2D eigenvalue weighted by molar-refractivity contribution is 0.521. The van der Waals surface area contributed by atoms with Crippen LogP contribution in [0.3, 0.4) is 0 Å². The number of rotatable bonds is 14.